The molecule has 0 atom stereocenters. The SMILES string of the molecule is O=C(NCC1(c2ccc3c(c2)OCCO3)CCCC1)c1ccc(=O)[nH]n1. The zero-order valence-electron chi connectivity index (χ0n) is 14.4. The Morgan fingerprint density at radius 2 is 1.88 bits per heavy atom. The first-order valence-corrected chi connectivity index (χ1v) is 8.90. The Balaban J connectivity index is 1.54. The maximum Gasteiger partial charge on any atom is 0.271 e. The van der Waals surface area contributed by atoms with Crippen LogP contribution in [0.3, 0.4) is 0 Å². The number of aromatic nitrogens is 2. The Morgan fingerprint density at radius 3 is 2.62 bits per heavy atom. The number of nitrogens with zero attached hydrogens (tertiary/aromatic N) is 1. The fourth-order valence-electron chi connectivity index (χ4n) is 3.80. The molecule has 136 valence electrons. The summed E-state index contributed by atoms with van der Waals surface area (Å²) in [5.74, 6) is 1.26. The molecule has 2 aromatic rings. The lowest BCUT2D eigenvalue weighted by Gasteiger charge is -2.31. The summed E-state index contributed by atoms with van der Waals surface area (Å²) in [6.45, 7) is 1.64. The topological polar surface area (TPSA) is 93.3 Å². The number of carbonyl (C=O) groups excluding carboxylic acids is 1. The molecule has 1 fully saturated rings. The number of carbonyl (C=O) groups is 1. The Kier molecular flexibility index (Phi) is 4.36. The quantitative estimate of drug-likeness (QED) is 0.872. The molecule has 1 aromatic heterocycles. The summed E-state index contributed by atoms with van der Waals surface area (Å²) in [6.07, 6.45) is 4.26. The highest BCUT2D eigenvalue weighted by atomic mass is 16.6. The molecule has 1 aliphatic carbocycles. The van der Waals surface area contributed by atoms with E-state index in [9.17, 15) is 9.59 Å². The third-order valence-electron chi connectivity index (χ3n) is 5.21. The van der Waals surface area contributed by atoms with Crippen molar-refractivity contribution in [1.29, 1.82) is 0 Å². The van der Waals surface area contributed by atoms with Crippen LogP contribution in [-0.4, -0.2) is 35.9 Å². The predicted molar refractivity (Wildman–Crippen MR) is 94.8 cm³/mol. The van der Waals surface area contributed by atoms with E-state index in [2.05, 4.69) is 21.6 Å². The maximum absolute atomic E-state index is 12.4. The van der Waals surface area contributed by atoms with Gasteiger partial charge in [-0.2, -0.15) is 5.10 Å². The Bertz CT molecular complexity index is 851. The summed E-state index contributed by atoms with van der Waals surface area (Å²) in [7, 11) is 0. The molecule has 2 aliphatic rings. The van der Waals surface area contributed by atoms with Crippen molar-refractivity contribution < 1.29 is 14.3 Å². The highest BCUT2D eigenvalue weighted by Crippen LogP contribution is 2.43. The number of hydrogen-bond donors (Lipinski definition) is 2. The van der Waals surface area contributed by atoms with Crippen LogP contribution < -0.4 is 20.3 Å². The van der Waals surface area contributed by atoms with Crippen molar-refractivity contribution in [2.45, 2.75) is 31.1 Å². The summed E-state index contributed by atoms with van der Waals surface area (Å²) >= 11 is 0. The van der Waals surface area contributed by atoms with Gasteiger partial charge in [0, 0.05) is 18.0 Å². The van der Waals surface area contributed by atoms with E-state index in [1.807, 2.05) is 12.1 Å². The van der Waals surface area contributed by atoms with Crippen LogP contribution in [0.5, 0.6) is 11.5 Å². The molecule has 0 saturated heterocycles. The number of H-pyrrole nitrogens is 1. The van der Waals surface area contributed by atoms with Gasteiger partial charge in [-0.15, -0.1) is 0 Å². The van der Waals surface area contributed by atoms with Crippen LogP contribution in [0.1, 0.15) is 41.7 Å². The molecule has 1 saturated carbocycles. The Morgan fingerprint density at radius 1 is 1.12 bits per heavy atom. The zero-order valence-corrected chi connectivity index (χ0v) is 14.4. The molecule has 2 N–H and O–H groups in total. The van der Waals surface area contributed by atoms with Crippen molar-refractivity contribution >= 4 is 5.91 Å². The van der Waals surface area contributed by atoms with Crippen LogP contribution in [0.4, 0.5) is 0 Å². The van der Waals surface area contributed by atoms with Gasteiger partial charge >= 0.3 is 0 Å². The summed E-state index contributed by atoms with van der Waals surface area (Å²) in [6, 6.07) is 8.80. The first kappa shape index (κ1) is 16.6. The van der Waals surface area contributed by atoms with Gasteiger partial charge in [-0.3, -0.25) is 9.59 Å². The molecule has 4 rings (SSSR count). The first-order valence-electron chi connectivity index (χ1n) is 8.90. The van der Waals surface area contributed by atoms with Crippen molar-refractivity contribution in [2.24, 2.45) is 0 Å². The van der Waals surface area contributed by atoms with Crippen LogP contribution in [0.2, 0.25) is 0 Å². The molecule has 7 nitrogen and oxygen atoms in total. The lowest BCUT2D eigenvalue weighted by atomic mass is 9.78. The molecule has 0 spiro atoms. The van der Waals surface area contributed by atoms with E-state index >= 15 is 0 Å². The third kappa shape index (κ3) is 3.16. The van der Waals surface area contributed by atoms with Gasteiger partial charge < -0.3 is 14.8 Å². The summed E-state index contributed by atoms with van der Waals surface area (Å²) in [4.78, 5) is 23.5. The molecular formula is C19H21N3O4. The smallest absolute Gasteiger partial charge is 0.271 e. The average molecular weight is 355 g/mol. The fourth-order valence-corrected chi connectivity index (χ4v) is 3.80. The first-order chi connectivity index (χ1) is 12.7. The van der Waals surface area contributed by atoms with E-state index in [0.29, 0.717) is 19.8 Å². The molecule has 0 unspecified atom stereocenters. The number of benzene rings is 1. The van der Waals surface area contributed by atoms with E-state index in [-0.39, 0.29) is 22.6 Å². The van der Waals surface area contributed by atoms with Crippen molar-refractivity contribution in [3.8, 4) is 11.5 Å². The second kappa shape index (κ2) is 6.82. The van der Waals surface area contributed by atoms with E-state index in [1.165, 1.54) is 12.1 Å². The van der Waals surface area contributed by atoms with Gasteiger partial charge in [0.25, 0.3) is 11.5 Å². The molecule has 1 aliphatic heterocycles. The van der Waals surface area contributed by atoms with Crippen molar-refractivity contribution in [3.05, 3.63) is 51.9 Å². The molecule has 2 heterocycles. The van der Waals surface area contributed by atoms with E-state index < -0.39 is 0 Å². The van der Waals surface area contributed by atoms with Gasteiger partial charge in [-0.25, -0.2) is 5.10 Å². The number of hydrogen-bond acceptors (Lipinski definition) is 5. The van der Waals surface area contributed by atoms with Gasteiger partial charge in [-0.1, -0.05) is 18.9 Å². The average Bonchev–Trinajstić information content (AvgIpc) is 3.16. The largest absolute Gasteiger partial charge is 0.486 e. The van der Waals surface area contributed by atoms with Crippen LogP contribution in [-0.2, 0) is 5.41 Å². The van der Waals surface area contributed by atoms with Crippen molar-refractivity contribution in [3.63, 3.8) is 0 Å². The van der Waals surface area contributed by atoms with Crippen molar-refractivity contribution in [2.75, 3.05) is 19.8 Å². The second-order valence-electron chi connectivity index (χ2n) is 6.83. The third-order valence-corrected chi connectivity index (χ3v) is 5.21. The predicted octanol–water partition coefficient (Wildman–Crippen LogP) is 1.78. The minimum atomic E-state index is -0.329. The zero-order chi connectivity index (χ0) is 18.0. The fraction of sp³-hybridized carbons (Fsp3) is 0.421. The molecule has 0 radical (unpaired) electrons. The summed E-state index contributed by atoms with van der Waals surface area (Å²) in [5, 5.41) is 9.06. The lowest BCUT2D eigenvalue weighted by molar-refractivity contribution is 0.0937. The van der Waals surface area contributed by atoms with Crippen LogP contribution in [0.25, 0.3) is 0 Å². The normalized spacial score (nSPS) is 17.7. The number of fused-ring (bicyclic) bond motifs is 1. The number of nitrogens with one attached hydrogen (secondary N) is 2. The second-order valence-corrected chi connectivity index (χ2v) is 6.83. The van der Waals surface area contributed by atoms with E-state index in [4.69, 9.17) is 9.47 Å². The van der Waals surface area contributed by atoms with Crippen LogP contribution in [0, 0.1) is 0 Å². The van der Waals surface area contributed by atoms with E-state index in [0.717, 1.165) is 42.7 Å². The minimum absolute atomic E-state index is 0.117. The van der Waals surface area contributed by atoms with E-state index in [1.54, 1.807) is 0 Å². The monoisotopic (exact) mass is 355 g/mol. The lowest BCUT2D eigenvalue weighted by Crippen LogP contribution is -2.39. The molecule has 26 heavy (non-hydrogen) atoms. The van der Waals surface area contributed by atoms with Crippen LogP contribution >= 0.6 is 0 Å². The highest BCUT2D eigenvalue weighted by Gasteiger charge is 2.37. The number of ether oxygens (including phenoxy) is 2. The Labute approximate surface area is 150 Å². The van der Waals surface area contributed by atoms with Crippen molar-refractivity contribution in [1.82, 2.24) is 15.5 Å². The van der Waals surface area contributed by atoms with Gasteiger partial charge in [0.2, 0.25) is 0 Å². The summed E-state index contributed by atoms with van der Waals surface area (Å²) in [5.41, 5.74) is 0.923. The standard InChI is InChI=1S/C19H21N3O4/c23-17-6-4-14(21-22-17)18(24)20-12-19(7-1-2-8-19)13-3-5-15-16(11-13)26-10-9-25-15/h3-6,11H,1-2,7-10,12H2,(H,20,24)(H,22,23). The summed E-state index contributed by atoms with van der Waals surface area (Å²) < 4.78 is 11.3. The van der Waals surface area contributed by atoms with Gasteiger partial charge in [-0.05, 0) is 36.6 Å². The number of amides is 1. The highest BCUT2D eigenvalue weighted by molar-refractivity contribution is 5.92. The number of aromatic amines is 1. The van der Waals surface area contributed by atoms with Gasteiger partial charge in [0.1, 0.15) is 18.9 Å². The molecule has 1 amide bonds. The molecule has 0 bridgehead atoms. The maximum atomic E-state index is 12.4. The Hall–Kier alpha value is -2.83. The van der Waals surface area contributed by atoms with Gasteiger partial charge in [0.05, 0.1) is 0 Å². The van der Waals surface area contributed by atoms with Gasteiger partial charge in [0.15, 0.2) is 11.5 Å². The molecule has 1 aromatic carbocycles. The minimum Gasteiger partial charge on any atom is -0.486 e. The molecule has 7 heteroatoms. The van der Waals surface area contributed by atoms with Crippen LogP contribution in [0.15, 0.2) is 35.1 Å². The number of rotatable bonds is 4. The molecular weight excluding hydrogens is 334 g/mol.